The number of hydrogen-bond donors (Lipinski definition) is 0. The largest absolute Gasteiger partial charge is 0.335 e. The Labute approximate surface area is 220 Å². The number of piperazine rings is 1. The molecule has 0 bridgehead atoms. The molecule has 37 heavy (non-hydrogen) atoms. The summed E-state index contributed by atoms with van der Waals surface area (Å²) in [7, 11) is 0. The first kappa shape index (κ1) is 22.5. The molecule has 0 unspecified atom stereocenters. The van der Waals surface area contributed by atoms with Gasteiger partial charge in [0.2, 0.25) is 0 Å². The molecule has 7 rings (SSSR count). The van der Waals surface area contributed by atoms with Crippen molar-refractivity contribution in [1.29, 1.82) is 0 Å². The number of rotatable bonds is 3. The number of thiophene rings is 1. The van der Waals surface area contributed by atoms with Gasteiger partial charge in [-0.3, -0.25) is 9.69 Å². The molecule has 184 valence electrons. The van der Waals surface area contributed by atoms with E-state index in [1.807, 2.05) is 28.6 Å². The summed E-state index contributed by atoms with van der Waals surface area (Å²) >= 11 is 1.55. The number of amides is 1. The molecule has 0 spiro atoms. The molecule has 0 atom stereocenters. The number of fused-ring (bicyclic) bond motifs is 4. The number of carbonyl (C=O) groups is 1. The van der Waals surface area contributed by atoms with Gasteiger partial charge in [-0.1, -0.05) is 60.7 Å². The summed E-state index contributed by atoms with van der Waals surface area (Å²) in [5.41, 5.74) is 8.61. The zero-order chi connectivity index (χ0) is 25.1. The summed E-state index contributed by atoms with van der Waals surface area (Å²) in [5, 5.41) is 5.82. The lowest BCUT2D eigenvalue weighted by atomic mass is 10.0. The Morgan fingerprint density at radius 1 is 0.838 bits per heavy atom. The van der Waals surface area contributed by atoms with Crippen LogP contribution < -0.4 is 0 Å². The Morgan fingerprint density at radius 2 is 1.51 bits per heavy atom. The first-order chi connectivity index (χ1) is 18.1. The summed E-state index contributed by atoms with van der Waals surface area (Å²) in [4.78, 5) is 20.0. The van der Waals surface area contributed by atoms with E-state index < -0.39 is 0 Å². The van der Waals surface area contributed by atoms with Gasteiger partial charge in [-0.05, 0) is 59.9 Å². The summed E-state index contributed by atoms with van der Waals surface area (Å²) in [5.74, 6) is 0.128. The SMILES string of the molecule is Cc1cccc(-n2nc(C)c3cc(C(=O)N4CCN(C5c6ccccc6-c6ccccc65)CC4)sc32)c1. The van der Waals surface area contributed by atoms with Gasteiger partial charge in [0.25, 0.3) is 5.91 Å². The predicted molar refractivity (Wildman–Crippen MR) is 150 cm³/mol. The number of nitrogens with zero attached hydrogens (tertiary/aromatic N) is 4. The van der Waals surface area contributed by atoms with Crippen molar-refractivity contribution in [1.82, 2.24) is 19.6 Å². The minimum absolute atomic E-state index is 0.128. The molecule has 0 radical (unpaired) electrons. The topological polar surface area (TPSA) is 41.4 Å². The van der Waals surface area contributed by atoms with E-state index in [0.717, 1.165) is 52.7 Å². The lowest BCUT2D eigenvalue weighted by Crippen LogP contribution is -2.49. The Hall–Kier alpha value is -3.74. The minimum Gasteiger partial charge on any atom is -0.335 e. The van der Waals surface area contributed by atoms with Crippen molar-refractivity contribution in [2.45, 2.75) is 19.9 Å². The first-order valence-corrected chi connectivity index (χ1v) is 13.7. The number of carbonyl (C=O) groups excluding carboxylic acids is 1. The molecular weight excluding hydrogens is 476 g/mol. The van der Waals surface area contributed by atoms with E-state index in [4.69, 9.17) is 5.10 Å². The third kappa shape index (κ3) is 3.63. The van der Waals surface area contributed by atoms with E-state index in [9.17, 15) is 4.79 Å². The molecule has 3 heterocycles. The van der Waals surface area contributed by atoms with Gasteiger partial charge in [-0.2, -0.15) is 5.10 Å². The smallest absolute Gasteiger partial charge is 0.264 e. The van der Waals surface area contributed by atoms with Crippen LogP contribution >= 0.6 is 11.3 Å². The Morgan fingerprint density at radius 3 is 2.19 bits per heavy atom. The van der Waals surface area contributed by atoms with Gasteiger partial charge in [0.05, 0.1) is 22.3 Å². The van der Waals surface area contributed by atoms with Crippen molar-refractivity contribution in [2.75, 3.05) is 26.2 Å². The van der Waals surface area contributed by atoms with Gasteiger partial charge in [-0.15, -0.1) is 11.3 Å². The first-order valence-electron chi connectivity index (χ1n) is 12.9. The zero-order valence-corrected chi connectivity index (χ0v) is 21.8. The Bertz CT molecular complexity index is 1610. The molecule has 1 aliphatic heterocycles. The second kappa shape index (κ2) is 8.68. The van der Waals surface area contributed by atoms with Crippen LogP contribution in [-0.4, -0.2) is 51.7 Å². The Kier molecular flexibility index (Phi) is 5.27. The third-order valence-electron chi connectivity index (χ3n) is 7.77. The molecule has 2 aliphatic rings. The molecule has 5 nitrogen and oxygen atoms in total. The van der Waals surface area contributed by atoms with Gasteiger partial charge < -0.3 is 4.90 Å². The van der Waals surface area contributed by atoms with E-state index in [2.05, 4.69) is 78.6 Å². The second-order valence-electron chi connectivity index (χ2n) is 10.1. The highest BCUT2D eigenvalue weighted by molar-refractivity contribution is 7.20. The maximum Gasteiger partial charge on any atom is 0.264 e. The highest BCUT2D eigenvalue weighted by atomic mass is 32.1. The van der Waals surface area contributed by atoms with Crippen LogP contribution in [0.1, 0.15) is 38.1 Å². The van der Waals surface area contributed by atoms with Crippen molar-refractivity contribution in [3.63, 3.8) is 0 Å². The van der Waals surface area contributed by atoms with E-state index in [1.54, 1.807) is 11.3 Å². The normalized spacial score (nSPS) is 15.8. The number of benzene rings is 3. The maximum atomic E-state index is 13.6. The van der Waals surface area contributed by atoms with Crippen molar-refractivity contribution in [3.8, 4) is 16.8 Å². The number of aromatic nitrogens is 2. The van der Waals surface area contributed by atoms with Crippen LogP contribution in [0, 0.1) is 13.8 Å². The van der Waals surface area contributed by atoms with E-state index in [-0.39, 0.29) is 11.9 Å². The zero-order valence-electron chi connectivity index (χ0n) is 21.0. The van der Waals surface area contributed by atoms with Crippen LogP contribution in [0.2, 0.25) is 0 Å². The number of aryl methyl sites for hydroxylation is 2. The maximum absolute atomic E-state index is 13.6. The quantitative estimate of drug-likeness (QED) is 0.292. The van der Waals surface area contributed by atoms with Crippen LogP contribution in [0.3, 0.4) is 0 Å². The molecule has 1 aliphatic carbocycles. The molecule has 5 aromatic rings. The van der Waals surface area contributed by atoms with Gasteiger partial charge in [-0.25, -0.2) is 4.68 Å². The third-order valence-corrected chi connectivity index (χ3v) is 8.87. The lowest BCUT2D eigenvalue weighted by Gasteiger charge is -2.38. The average molecular weight is 505 g/mol. The molecular formula is C31H28N4OS. The minimum atomic E-state index is 0.128. The van der Waals surface area contributed by atoms with E-state index in [1.165, 1.54) is 27.8 Å². The Balaban J connectivity index is 1.13. The van der Waals surface area contributed by atoms with Gasteiger partial charge in [0.15, 0.2) is 0 Å². The van der Waals surface area contributed by atoms with Crippen LogP contribution in [0.4, 0.5) is 0 Å². The summed E-state index contributed by atoms with van der Waals surface area (Å²) in [6.07, 6.45) is 0. The molecule has 2 aromatic heterocycles. The molecule has 1 amide bonds. The molecule has 1 fully saturated rings. The van der Waals surface area contributed by atoms with Crippen LogP contribution in [0.5, 0.6) is 0 Å². The molecule has 3 aromatic carbocycles. The molecule has 0 N–H and O–H groups in total. The standard InChI is InChI=1S/C31H28N4OS/c1-20-8-7-9-22(18-20)35-31-27(21(2)32-35)19-28(37-31)30(36)34-16-14-33(15-17-34)29-25-12-5-3-10-23(25)24-11-4-6-13-26(24)29/h3-13,18-19,29H,14-17H2,1-2H3. The summed E-state index contributed by atoms with van der Waals surface area (Å²) in [6.45, 7) is 7.29. The van der Waals surface area contributed by atoms with Crippen molar-refractivity contribution < 1.29 is 4.79 Å². The van der Waals surface area contributed by atoms with E-state index >= 15 is 0 Å². The lowest BCUT2D eigenvalue weighted by molar-refractivity contribution is 0.0604. The average Bonchev–Trinajstić information content (AvgIpc) is 3.60. The highest BCUT2D eigenvalue weighted by Crippen LogP contribution is 2.46. The van der Waals surface area contributed by atoms with E-state index in [0.29, 0.717) is 0 Å². The molecule has 6 heteroatoms. The second-order valence-corrected chi connectivity index (χ2v) is 11.1. The van der Waals surface area contributed by atoms with Crippen molar-refractivity contribution >= 4 is 27.5 Å². The van der Waals surface area contributed by atoms with Crippen LogP contribution in [0.25, 0.3) is 27.0 Å². The molecule has 0 saturated carbocycles. The summed E-state index contributed by atoms with van der Waals surface area (Å²) < 4.78 is 1.98. The van der Waals surface area contributed by atoms with Crippen LogP contribution in [-0.2, 0) is 0 Å². The number of hydrogen-bond acceptors (Lipinski definition) is 4. The van der Waals surface area contributed by atoms with Gasteiger partial charge in [0, 0.05) is 31.6 Å². The van der Waals surface area contributed by atoms with Crippen molar-refractivity contribution in [2.24, 2.45) is 0 Å². The highest BCUT2D eigenvalue weighted by Gasteiger charge is 2.35. The fourth-order valence-corrected chi connectivity index (χ4v) is 7.10. The van der Waals surface area contributed by atoms with Crippen LogP contribution in [0.15, 0.2) is 78.9 Å². The fraction of sp³-hybridized carbons (Fsp3) is 0.226. The molecule has 1 saturated heterocycles. The predicted octanol–water partition coefficient (Wildman–Crippen LogP) is 6.23. The monoisotopic (exact) mass is 504 g/mol. The van der Waals surface area contributed by atoms with Gasteiger partial charge in [0.1, 0.15) is 4.83 Å². The fourth-order valence-electron chi connectivity index (χ4n) is 5.95. The van der Waals surface area contributed by atoms with Gasteiger partial charge >= 0.3 is 0 Å². The van der Waals surface area contributed by atoms with Crippen molar-refractivity contribution in [3.05, 3.63) is 106 Å². The summed E-state index contributed by atoms with van der Waals surface area (Å²) in [6, 6.07) is 28.1.